The van der Waals surface area contributed by atoms with Crippen LogP contribution in [-0.4, -0.2) is 25.9 Å². The quantitative estimate of drug-likeness (QED) is 0.549. The Morgan fingerprint density at radius 2 is 1.93 bits per heavy atom. The molecule has 0 unspecified atom stereocenters. The number of hydrogen-bond acceptors (Lipinski definition) is 4. The summed E-state index contributed by atoms with van der Waals surface area (Å²) in [5, 5.41) is 11.7. The van der Waals surface area contributed by atoms with E-state index >= 15 is 0 Å². The van der Waals surface area contributed by atoms with Gasteiger partial charge in [-0.15, -0.1) is 5.10 Å². The molecule has 3 aromatic rings. The van der Waals surface area contributed by atoms with Gasteiger partial charge in [0.15, 0.2) is 0 Å². The topological polar surface area (TPSA) is 72.7 Å². The van der Waals surface area contributed by atoms with Crippen molar-refractivity contribution in [3.8, 4) is 11.3 Å². The Kier molecular flexibility index (Phi) is 6.93. The maximum absolute atomic E-state index is 12.0. The summed E-state index contributed by atoms with van der Waals surface area (Å²) < 4.78 is 1.85. The lowest BCUT2D eigenvalue weighted by atomic mass is 10.1. The standard InChI is InChI=1S/C20H22ClN5O/c21-17-9-4-5-10-18(17)23-20(27)11-3-1-2-6-13-26-15-19(24-25-26)16-8-7-12-22-14-16/h4-5,7-10,12,14-15H,1-3,6,11,13H2,(H,23,27). The number of carbonyl (C=O) groups is 1. The number of benzene rings is 1. The molecule has 1 amide bonds. The fourth-order valence-corrected chi connectivity index (χ4v) is 2.93. The third-order valence-electron chi connectivity index (χ3n) is 4.18. The first-order valence-electron chi connectivity index (χ1n) is 9.07. The number of hydrogen-bond donors (Lipinski definition) is 1. The normalized spacial score (nSPS) is 10.7. The first-order chi connectivity index (χ1) is 13.2. The molecule has 0 aliphatic rings. The minimum Gasteiger partial charge on any atom is -0.325 e. The molecule has 7 heteroatoms. The Bertz CT molecular complexity index is 866. The van der Waals surface area contributed by atoms with Crippen molar-refractivity contribution in [3.63, 3.8) is 0 Å². The first kappa shape index (κ1) is 19.0. The van der Waals surface area contributed by atoms with Crippen molar-refractivity contribution in [2.45, 2.75) is 38.6 Å². The predicted octanol–water partition coefficient (Wildman–Crippen LogP) is 4.58. The Morgan fingerprint density at radius 3 is 2.74 bits per heavy atom. The van der Waals surface area contributed by atoms with E-state index in [1.54, 1.807) is 24.5 Å². The summed E-state index contributed by atoms with van der Waals surface area (Å²) >= 11 is 6.04. The van der Waals surface area contributed by atoms with Crippen molar-refractivity contribution >= 4 is 23.2 Å². The number of anilines is 1. The monoisotopic (exact) mass is 383 g/mol. The molecule has 0 atom stereocenters. The van der Waals surface area contributed by atoms with Crippen LogP contribution in [0.4, 0.5) is 5.69 Å². The molecule has 140 valence electrons. The first-order valence-corrected chi connectivity index (χ1v) is 9.45. The van der Waals surface area contributed by atoms with E-state index in [9.17, 15) is 4.79 Å². The van der Waals surface area contributed by atoms with E-state index in [1.165, 1.54) is 0 Å². The summed E-state index contributed by atoms with van der Waals surface area (Å²) in [6.45, 7) is 0.819. The summed E-state index contributed by atoms with van der Waals surface area (Å²) in [4.78, 5) is 16.1. The van der Waals surface area contributed by atoms with Crippen molar-refractivity contribution in [2.75, 3.05) is 5.32 Å². The maximum atomic E-state index is 12.0. The van der Waals surface area contributed by atoms with Gasteiger partial charge >= 0.3 is 0 Å². The zero-order valence-electron chi connectivity index (χ0n) is 15.0. The number of amides is 1. The SMILES string of the molecule is O=C(CCCCCCn1cc(-c2cccnc2)nn1)Nc1ccccc1Cl. The number of aryl methyl sites for hydroxylation is 1. The molecule has 0 fully saturated rings. The van der Waals surface area contributed by atoms with Crippen molar-refractivity contribution in [1.29, 1.82) is 0 Å². The van der Waals surface area contributed by atoms with Gasteiger partial charge in [-0.3, -0.25) is 14.5 Å². The number of para-hydroxylation sites is 1. The molecule has 0 aliphatic heterocycles. The highest BCUT2D eigenvalue weighted by atomic mass is 35.5. The zero-order chi connectivity index (χ0) is 18.9. The highest BCUT2D eigenvalue weighted by Crippen LogP contribution is 2.20. The average molecular weight is 384 g/mol. The summed E-state index contributed by atoms with van der Waals surface area (Å²) in [5.41, 5.74) is 2.47. The van der Waals surface area contributed by atoms with Gasteiger partial charge in [0.2, 0.25) is 5.91 Å². The fraction of sp³-hybridized carbons (Fsp3) is 0.300. The Hall–Kier alpha value is -2.73. The van der Waals surface area contributed by atoms with E-state index in [0.717, 1.165) is 43.5 Å². The van der Waals surface area contributed by atoms with Crippen LogP contribution in [0.15, 0.2) is 55.0 Å². The van der Waals surface area contributed by atoms with Crippen LogP contribution in [0.2, 0.25) is 5.02 Å². The summed E-state index contributed by atoms with van der Waals surface area (Å²) in [6, 6.07) is 11.1. The van der Waals surface area contributed by atoms with Crippen molar-refractivity contribution in [2.24, 2.45) is 0 Å². The average Bonchev–Trinajstić information content (AvgIpc) is 3.16. The number of carbonyl (C=O) groups excluding carboxylic acids is 1. The fourth-order valence-electron chi connectivity index (χ4n) is 2.74. The highest BCUT2D eigenvalue weighted by Gasteiger charge is 2.06. The van der Waals surface area contributed by atoms with Gasteiger partial charge in [-0.25, -0.2) is 0 Å². The van der Waals surface area contributed by atoms with Crippen LogP contribution in [0.3, 0.4) is 0 Å². The van der Waals surface area contributed by atoms with Crippen LogP contribution >= 0.6 is 11.6 Å². The Labute approximate surface area is 163 Å². The van der Waals surface area contributed by atoms with Crippen LogP contribution in [0.1, 0.15) is 32.1 Å². The largest absolute Gasteiger partial charge is 0.325 e. The van der Waals surface area contributed by atoms with Gasteiger partial charge in [0.1, 0.15) is 5.69 Å². The van der Waals surface area contributed by atoms with Crippen molar-refractivity contribution < 1.29 is 4.79 Å². The Balaban J connectivity index is 1.31. The molecule has 27 heavy (non-hydrogen) atoms. The minimum absolute atomic E-state index is 0.000452. The lowest BCUT2D eigenvalue weighted by Gasteiger charge is -2.06. The molecular weight excluding hydrogens is 362 g/mol. The molecule has 1 aromatic carbocycles. The summed E-state index contributed by atoms with van der Waals surface area (Å²) in [6.07, 6.45) is 9.86. The van der Waals surface area contributed by atoms with Gasteiger partial charge in [-0.2, -0.15) is 0 Å². The van der Waals surface area contributed by atoms with Crippen LogP contribution < -0.4 is 5.32 Å². The van der Waals surface area contributed by atoms with Crippen LogP contribution in [0, 0.1) is 0 Å². The summed E-state index contributed by atoms with van der Waals surface area (Å²) in [7, 11) is 0. The van der Waals surface area contributed by atoms with E-state index in [1.807, 2.05) is 35.1 Å². The summed E-state index contributed by atoms with van der Waals surface area (Å²) in [5.74, 6) is 0.000452. The second kappa shape index (κ2) is 9.83. The molecule has 0 aliphatic carbocycles. The van der Waals surface area contributed by atoms with Crippen LogP contribution in [0.5, 0.6) is 0 Å². The molecule has 6 nitrogen and oxygen atoms in total. The number of nitrogens with one attached hydrogen (secondary N) is 1. The van der Waals surface area contributed by atoms with Gasteiger partial charge in [-0.1, -0.05) is 41.8 Å². The van der Waals surface area contributed by atoms with Crippen molar-refractivity contribution in [1.82, 2.24) is 20.0 Å². The highest BCUT2D eigenvalue weighted by molar-refractivity contribution is 6.33. The van der Waals surface area contributed by atoms with Crippen molar-refractivity contribution in [3.05, 3.63) is 60.0 Å². The van der Waals surface area contributed by atoms with Gasteiger partial charge in [0.25, 0.3) is 0 Å². The molecule has 0 radical (unpaired) electrons. The molecule has 1 N–H and O–H groups in total. The van der Waals surface area contributed by atoms with E-state index in [2.05, 4.69) is 20.6 Å². The second-order valence-corrected chi connectivity index (χ2v) is 6.71. The second-order valence-electron chi connectivity index (χ2n) is 6.30. The molecule has 0 bridgehead atoms. The number of aromatic nitrogens is 4. The molecule has 0 saturated heterocycles. The molecule has 3 rings (SSSR count). The predicted molar refractivity (Wildman–Crippen MR) is 106 cm³/mol. The number of unbranched alkanes of at least 4 members (excludes halogenated alkanes) is 3. The molecule has 0 spiro atoms. The zero-order valence-corrected chi connectivity index (χ0v) is 15.8. The van der Waals surface area contributed by atoms with E-state index in [0.29, 0.717) is 17.1 Å². The lowest BCUT2D eigenvalue weighted by molar-refractivity contribution is -0.116. The Morgan fingerprint density at radius 1 is 1.07 bits per heavy atom. The van der Waals surface area contributed by atoms with E-state index in [4.69, 9.17) is 11.6 Å². The maximum Gasteiger partial charge on any atom is 0.224 e. The number of nitrogens with zero attached hydrogens (tertiary/aromatic N) is 4. The van der Waals surface area contributed by atoms with Crippen LogP contribution in [0.25, 0.3) is 11.3 Å². The van der Waals surface area contributed by atoms with Crippen LogP contribution in [-0.2, 0) is 11.3 Å². The minimum atomic E-state index is 0.000452. The third-order valence-corrected chi connectivity index (χ3v) is 4.51. The third kappa shape index (κ3) is 5.89. The van der Waals surface area contributed by atoms with Gasteiger partial charge in [0.05, 0.1) is 16.9 Å². The number of pyridine rings is 1. The van der Waals surface area contributed by atoms with Gasteiger partial charge < -0.3 is 5.32 Å². The van der Waals surface area contributed by atoms with Gasteiger partial charge in [0, 0.05) is 30.9 Å². The van der Waals surface area contributed by atoms with E-state index in [-0.39, 0.29) is 5.91 Å². The van der Waals surface area contributed by atoms with E-state index < -0.39 is 0 Å². The molecule has 2 aromatic heterocycles. The molecule has 0 saturated carbocycles. The number of halogens is 1. The molecular formula is C20H22ClN5O. The van der Waals surface area contributed by atoms with Gasteiger partial charge in [-0.05, 0) is 37.1 Å². The molecule has 2 heterocycles. The number of rotatable bonds is 9. The smallest absolute Gasteiger partial charge is 0.224 e. The lowest BCUT2D eigenvalue weighted by Crippen LogP contribution is -2.11.